The molecular weight excluding hydrogens is 248 g/mol. The normalized spacial score (nSPS) is 12.1. The number of hydrogen-bond acceptors (Lipinski definition) is 6. The van der Waals surface area contributed by atoms with Crippen LogP contribution in [0.25, 0.3) is 0 Å². The molecule has 0 unspecified atom stereocenters. The van der Waals surface area contributed by atoms with Crippen LogP contribution in [0.2, 0.25) is 0 Å². The summed E-state index contributed by atoms with van der Waals surface area (Å²) in [5, 5.41) is 20.8. The molecule has 0 fully saturated rings. The molecule has 1 N–H and O–H groups in total. The topological polar surface area (TPSA) is 90.1 Å². The average Bonchev–Trinajstić information content (AvgIpc) is 2.82. The van der Waals surface area contributed by atoms with Crippen LogP contribution in [0, 0.1) is 0 Å². The molecule has 1 atom stereocenters. The van der Waals surface area contributed by atoms with Crippen LogP contribution in [0.15, 0.2) is 24.3 Å². The minimum atomic E-state index is -0.699. The fourth-order valence-electron chi connectivity index (χ4n) is 1.53. The minimum Gasteiger partial charge on any atom is -0.491 e. The summed E-state index contributed by atoms with van der Waals surface area (Å²) in [5.41, 5.74) is 0.582. The van der Waals surface area contributed by atoms with Gasteiger partial charge in [-0.15, -0.1) is 5.10 Å². The fourth-order valence-corrected chi connectivity index (χ4v) is 1.53. The first-order chi connectivity index (χ1) is 9.19. The Balaban J connectivity index is 1.84. The predicted octanol–water partition coefficient (Wildman–Crippen LogP) is 0.00500. The van der Waals surface area contributed by atoms with Crippen molar-refractivity contribution in [3.8, 4) is 5.75 Å². The lowest BCUT2D eigenvalue weighted by Gasteiger charge is -2.11. The third kappa shape index (κ3) is 3.59. The Morgan fingerprint density at radius 3 is 2.74 bits per heavy atom. The van der Waals surface area contributed by atoms with Crippen LogP contribution >= 0.6 is 0 Å². The number of aromatic nitrogens is 4. The number of carbonyl (C=O) groups is 1. The Bertz CT molecular complexity index is 538. The minimum absolute atomic E-state index is 0.132. The van der Waals surface area contributed by atoms with Gasteiger partial charge in [-0.3, -0.25) is 4.79 Å². The molecule has 1 aromatic carbocycles. The molecule has 0 radical (unpaired) electrons. The van der Waals surface area contributed by atoms with Gasteiger partial charge in [-0.05, 0) is 34.7 Å². The van der Waals surface area contributed by atoms with E-state index in [9.17, 15) is 9.90 Å². The number of carbonyl (C=O) groups excluding carboxylic acids is 1. The summed E-state index contributed by atoms with van der Waals surface area (Å²) >= 11 is 0. The zero-order chi connectivity index (χ0) is 13.7. The van der Waals surface area contributed by atoms with Gasteiger partial charge in [0.25, 0.3) is 0 Å². The summed E-state index contributed by atoms with van der Waals surface area (Å²) in [6.07, 6.45) is 0.380. The Labute approximate surface area is 109 Å². The average molecular weight is 262 g/mol. The molecule has 2 aromatic rings. The number of nitrogens with zero attached hydrogens (tertiary/aromatic N) is 4. The van der Waals surface area contributed by atoms with Crippen LogP contribution in [0.4, 0.5) is 0 Å². The second-order valence-electron chi connectivity index (χ2n) is 4.07. The lowest BCUT2D eigenvalue weighted by Crippen LogP contribution is -2.22. The number of hydrogen-bond donors (Lipinski definition) is 1. The van der Waals surface area contributed by atoms with Crippen LogP contribution in [0.5, 0.6) is 5.75 Å². The van der Waals surface area contributed by atoms with Gasteiger partial charge in [0, 0.05) is 19.0 Å². The Kier molecular flexibility index (Phi) is 4.19. The molecule has 7 nitrogen and oxygen atoms in total. The summed E-state index contributed by atoms with van der Waals surface area (Å²) in [4.78, 5) is 10.5. The lowest BCUT2D eigenvalue weighted by molar-refractivity contribution is 0.105. The summed E-state index contributed by atoms with van der Waals surface area (Å²) in [5.74, 6) is 1.19. The molecule has 0 saturated heterocycles. The van der Waals surface area contributed by atoms with Crippen molar-refractivity contribution >= 4 is 6.29 Å². The van der Waals surface area contributed by atoms with Crippen molar-refractivity contribution in [2.45, 2.75) is 12.5 Å². The smallest absolute Gasteiger partial charge is 0.153 e. The first kappa shape index (κ1) is 13.2. The largest absolute Gasteiger partial charge is 0.491 e. The summed E-state index contributed by atoms with van der Waals surface area (Å²) in [6, 6.07) is 6.67. The Hall–Kier alpha value is -2.28. The van der Waals surface area contributed by atoms with Crippen molar-refractivity contribution in [1.29, 1.82) is 0 Å². The molecule has 0 bridgehead atoms. The van der Waals surface area contributed by atoms with Crippen LogP contribution in [-0.2, 0) is 13.5 Å². The molecule has 19 heavy (non-hydrogen) atoms. The maximum Gasteiger partial charge on any atom is 0.153 e. The number of benzene rings is 1. The molecule has 0 saturated carbocycles. The van der Waals surface area contributed by atoms with Crippen LogP contribution in [-0.4, -0.2) is 44.3 Å². The van der Waals surface area contributed by atoms with Gasteiger partial charge in [-0.1, -0.05) is 0 Å². The fraction of sp³-hybridized carbons (Fsp3) is 0.333. The van der Waals surface area contributed by atoms with E-state index in [0.29, 0.717) is 23.6 Å². The SMILES string of the molecule is Cn1nnnc1C[C@@H](O)COc1ccc(C=O)cc1. The summed E-state index contributed by atoms with van der Waals surface area (Å²) in [6.45, 7) is 0.132. The van der Waals surface area contributed by atoms with Gasteiger partial charge in [-0.2, -0.15) is 0 Å². The number of aliphatic hydroxyl groups excluding tert-OH is 1. The van der Waals surface area contributed by atoms with Crippen molar-refractivity contribution in [3.63, 3.8) is 0 Å². The number of tetrazole rings is 1. The second-order valence-corrected chi connectivity index (χ2v) is 4.07. The molecule has 0 aliphatic heterocycles. The molecule has 100 valence electrons. The number of aryl methyl sites for hydroxylation is 1. The quantitative estimate of drug-likeness (QED) is 0.737. The molecule has 0 spiro atoms. The van der Waals surface area contributed by atoms with Gasteiger partial charge >= 0.3 is 0 Å². The van der Waals surface area contributed by atoms with E-state index in [0.717, 1.165) is 6.29 Å². The van der Waals surface area contributed by atoms with E-state index in [1.54, 1.807) is 31.3 Å². The van der Waals surface area contributed by atoms with E-state index in [1.807, 2.05) is 0 Å². The lowest BCUT2D eigenvalue weighted by atomic mass is 10.2. The highest BCUT2D eigenvalue weighted by molar-refractivity contribution is 5.74. The number of rotatable bonds is 6. The van der Waals surface area contributed by atoms with Gasteiger partial charge in [0.2, 0.25) is 0 Å². The van der Waals surface area contributed by atoms with E-state index in [4.69, 9.17) is 4.74 Å². The molecule has 0 amide bonds. The molecule has 1 heterocycles. The van der Waals surface area contributed by atoms with Gasteiger partial charge in [0.05, 0.1) is 6.10 Å². The third-order valence-electron chi connectivity index (χ3n) is 2.58. The number of ether oxygens (including phenoxy) is 1. The number of aldehydes is 1. The maximum atomic E-state index is 10.5. The van der Waals surface area contributed by atoms with Crippen molar-refractivity contribution in [2.24, 2.45) is 7.05 Å². The Morgan fingerprint density at radius 1 is 1.42 bits per heavy atom. The van der Waals surface area contributed by atoms with Crippen molar-refractivity contribution in [3.05, 3.63) is 35.7 Å². The zero-order valence-corrected chi connectivity index (χ0v) is 10.4. The molecule has 0 aliphatic carbocycles. The Morgan fingerprint density at radius 2 is 2.16 bits per heavy atom. The van der Waals surface area contributed by atoms with Gasteiger partial charge in [-0.25, -0.2) is 4.68 Å². The highest BCUT2D eigenvalue weighted by Gasteiger charge is 2.11. The molecule has 2 rings (SSSR count). The predicted molar refractivity (Wildman–Crippen MR) is 65.8 cm³/mol. The molecule has 0 aliphatic rings. The first-order valence-corrected chi connectivity index (χ1v) is 5.76. The number of aliphatic hydroxyl groups is 1. The van der Waals surface area contributed by atoms with E-state index in [1.165, 1.54) is 4.68 Å². The van der Waals surface area contributed by atoms with Crippen LogP contribution in [0.3, 0.4) is 0 Å². The van der Waals surface area contributed by atoms with E-state index in [-0.39, 0.29) is 6.61 Å². The standard InChI is InChI=1S/C12H14N4O3/c1-16-12(13-14-15-16)6-10(18)8-19-11-4-2-9(7-17)3-5-11/h2-5,7,10,18H,6,8H2,1H3/t10-/m1/s1. The maximum absolute atomic E-state index is 10.5. The van der Waals surface area contributed by atoms with E-state index >= 15 is 0 Å². The second kappa shape index (κ2) is 6.05. The molecule has 1 aromatic heterocycles. The van der Waals surface area contributed by atoms with Crippen LogP contribution in [0.1, 0.15) is 16.2 Å². The van der Waals surface area contributed by atoms with Gasteiger partial charge in [0.15, 0.2) is 5.82 Å². The molecular formula is C12H14N4O3. The zero-order valence-electron chi connectivity index (χ0n) is 10.4. The molecule has 7 heteroatoms. The van der Waals surface area contributed by atoms with E-state index < -0.39 is 6.10 Å². The van der Waals surface area contributed by atoms with Crippen molar-refractivity contribution in [2.75, 3.05) is 6.61 Å². The highest BCUT2D eigenvalue weighted by atomic mass is 16.5. The van der Waals surface area contributed by atoms with Crippen molar-refractivity contribution in [1.82, 2.24) is 20.2 Å². The first-order valence-electron chi connectivity index (χ1n) is 5.76. The van der Waals surface area contributed by atoms with E-state index in [2.05, 4.69) is 15.5 Å². The van der Waals surface area contributed by atoms with Gasteiger partial charge in [0.1, 0.15) is 18.6 Å². The van der Waals surface area contributed by atoms with Crippen LogP contribution < -0.4 is 4.74 Å². The highest BCUT2D eigenvalue weighted by Crippen LogP contribution is 2.11. The third-order valence-corrected chi connectivity index (χ3v) is 2.58. The summed E-state index contributed by atoms with van der Waals surface area (Å²) < 4.78 is 6.91. The van der Waals surface area contributed by atoms with Crippen molar-refractivity contribution < 1.29 is 14.6 Å². The summed E-state index contributed by atoms with van der Waals surface area (Å²) in [7, 11) is 1.71. The monoisotopic (exact) mass is 262 g/mol. The van der Waals surface area contributed by atoms with Gasteiger partial charge < -0.3 is 9.84 Å².